The van der Waals surface area contributed by atoms with Gasteiger partial charge in [0.15, 0.2) is 0 Å². The Morgan fingerprint density at radius 3 is 2.33 bits per heavy atom. The Kier molecular flexibility index (Phi) is 3.42. The van der Waals surface area contributed by atoms with E-state index >= 15 is 0 Å². The monoisotopic (exact) mass is 177 g/mol. The van der Waals surface area contributed by atoms with Gasteiger partial charge in [0.25, 0.3) is 0 Å². The van der Waals surface area contributed by atoms with Crippen LogP contribution in [-0.4, -0.2) is 57.9 Å². The molecule has 1 saturated heterocycles. The molecular formula is C7H15NO4. The lowest BCUT2D eigenvalue weighted by Gasteiger charge is -2.36. The lowest BCUT2D eigenvalue weighted by atomic mass is 9.94. The van der Waals surface area contributed by atoms with Gasteiger partial charge < -0.3 is 25.7 Å². The molecule has 4 atom stereocenters. The molecule has 0 spiro atoms. The van der Waals surface area contributed by atoms with E-state index in [0.717, 1.165) is 0 Å². The zero-order valence-electron chi connectivity index (χ0n) is 6.72. The molecule has 1 fully saturated rings. The first-order valence-electron chi connectivity index (χ1n) is 4.03. The molecular weight excluding hydrogens is 162 g/mol. The van der Waals surface area contributed by atoms with Crippen molar-refractivity contribution in [1.82, 2.24) is 5.32 Å². The van der Waals surface area contributed by atoms with Crippen LogP contribution in [0, 0.1) is 0 Å². The number of aliphatic hydroxyl groups excluding tert-OH is 4. The Bertz CT molecular complexity index is 143. The maximum Gasteiger partial charge on any atom is 0.0974 e. The molecule has 5 nitrogen and oxygen atoms in total. The molecule has 1 rings (SSSR count). The van der Waals surface area contributed by atoms with Crippen molar-refractivity contribution in [3.63, 3.8) is 0 Å². The second kappa shape index (κ2) is 4.15. The van der Waals surface area contributed by atoms with Crippen LogP contribution in [0.2, 0.25) is 0 Å². The largest absolute Gasteiger partial charge is 0.395 e. The van der Waals surface area contributed by atoms with E-state index in [-0.39, 0.29) is 19.3 Å². The second-order valence-electron chi connectivity index (χ2n) is 3.13. The lowest BCUT2D eigenvalue weighted by molar-refractivity contribution is -0.0563. The average Bonchev–Trinajstić information content (AvgIpc) is 2.09. The predicted octanol–water partition coefficient (Wildman–Crippen LogP) is -2.58. The van der Waals surface area contributed by atoms with Crippen molar-refractivity contribution in [3.8, 4) is 0 Å². The van der Waals surface area contributed by atoms with Crippen LogP contribution in [-0.2, 0) is 0 Å². The average molecular weight is 177 g/mol. The van der Waals surface area contributed by atoms with E-state index in [9.17, 15) is 10.2 Å². The van der Waals surface area contributed by atoms with Crippen LogP contribution in [0.1, 0.15) is 6.42 Å². The molecule has 12 heavy (non-hydrogen) atoms. The fourth-order valence-corrected chi connectivity index (χ4v) is 1.46. The molecule has 0 aromatic heterocycles. The van der Waals surface area contributed by atoms with Crippen LogP contribution >= 0.6 is 0 Å². The molecule has 0 saturated carbocycles. The van der Waals surface area contributed by atoms with Crippen LogP contribution in [0.4, 0.5) is 0 Å². The third kappa shape index (κ3) is 1.94. The fraction of sp³-hybridized carbons (Fsp3) is 1.00. The summed E-state index contributed by atoms with van der Waals surface area (Å²) in [7, 11) is 0. The third-order valence-electron chi connectivity index (χ3n) is 2.20. The van der Waals surface area contributed by atoms with Crippen molar-refractivity contribution in [1.29, 1.82) is 0 Å². The summed E-state index contributed by atoms with van der Waals surface area (Å²) in [5.41, 5.74) is 0. The molecule has 0 aliphatic carbocycles. The van der Waals surface area contributed by atoms with Gasteiger partial charge in [-0.3, -0.25) is 0 Å². The van der Waals surface area contributed by atoms with Crippen LogP contribution in [0.3, 0.4) is 0 Å². The minimum Gasteiger partial charge on any atom is -0.395 e. The Morgan fingerprint density at radius 1 is 1.17 bits per heavy atom. The van der Waals surface area contributed by atoms with E-state index in [1.165, 1.54) is 0 Å². The lowest BCUT2D eigenvalue weighted by Crippen LogP contribution is -2.59. The molecule has 72 valence electrons. The third-order valence-corrected chi connectivity index (χ3v) is 2.20. The first-order valence-corrected chi connectivity index (χ1v) is 4.03. The second-order valence-corrected chi connectivity index (χ2v) is 3.13. The molecule has 0 aromatic carbocycles. The van der Waals surface area contributed by atoms with E-state index < -0.39 is 18.2 Å². The fourth-order valence-electron chi connectivity index (χ4n) is 1.46. The smallest absolute Gasteiger partial charge is 0.0974 e. The van der Waals surface area contributed by atoms with Gasteiger partial charge in [-0.2, -0.15) is 0 Å². The normalized spacial score (nSPS) is 43.0. The molecule has 0 bridgehead atoms. The van der Waals surface area contributed by atoms with Crippen LogP contribution < -0.4 is 5.32 Å². The highest BCUT2D eigenvalue weighted by molar-refractivity contribution is 4.91. The quantitative estimate of drug-likeness (QED) is 0.319. The molecule has 5 heteroatoms. The number of hydrogen-bond donors (Lipinski definition) is 5. The summed E-state index contributed by atoms with van der Waals surface area (Å²) in [5.74, 6) is 0. The van der Waals surface area contributed by atoms with Crippen molar-refractivity contribution < 1.29 is 20.4 Å². The van der Waals surface area contributed by atoms with Gasteiger partial charge in [-0.05, 0) is 6.42 Å². The maximum absolute atomic E-state index is 9.30. The van der Waals surface area contributed by atoms with Crippen LogP contribution in [0.25, 0.3) is 0 Å². The highest BCUT2D eigenvalue weighted by atomic mass is 16.3. The minimum atomic E-state index is -0.946. The van der Waals surface area contributed by atoms with E-state index in [1.54, 1.807) is 0 Å². The van der Waals surface area contributed by atoms with Gasteiger partial charge in [-0.15, -0.1) is 0 Å². The van der Waals surface area contributed by atoms with Crippen molar-refractivity contribution in [2.45, 2.75) is 30.7 Å². The molecule has 1 aliphatic heterocycles. The summed E-state index contributed by atoms with van der Waals surface area (Å²) in [6, 6.07) is -0.772. The summed E-state index contributed by atoms with van der Waals surface area (Å²) in [6.07, 6.45) is -1.49. The zero-order chi connectivity index (χ0) is 9.14. The van der Waals surface area contributed by atoms with E-state index in [1.807, 2.05) is 0 Å². The van der Waals surface area contributed by atoms with Gasteiger partial charge in [-0.1, -0.05) is 0 Å². The summed E-state index contributed by atoms with van der Waals surface area (Å²) in [5, 5.41) is 38.9. The summed E-state index contributed by atoms with van der Waals surface area (Å²) in [6.45, 7) is -0.338. The predicted molar refractivity (Wildman–Crippen MR) is 41.5 cm³/mol. The standard InChI is InChI=1S/C7H15NO4/c9-2-4-1-6(11)7(12)5(3-10)8-4/h4-12H,1-3H2/t4-,5+,6+,7+/m0/s1. The summed E-state index contributed by atoms with van der Waals surface area (Å²) in [4.78, 5) is 0. The van der Waals surface area contributed by atoms with Crippen molar-refractivity contribution in [3.05, 3.63) is 0 Å². The van der Waals surface area contributed by atoms with Crippen molar-refractivity contribution in [2.75, 3.05) is 13.2 Å². The van der Waals surface area contributed by atoms with Crippen LogP contribution in [0.15, 0.2) is 0 Å². The molecule has 5 N–H and O–H groups in total. The van der Waals surface area contributed by atoms with Crippen LogP contribution in [0.5, 0.6) is 0 Å². The van der Waals surface area contributed by atoms with E-state index in [2.05, 4.69) is 5.32 Å². The van der Waals surface area contributed by atoms with Gasteiger partial charge in [0, 0.05) is 6.04 Å². The van der Waals surface area contributed by atoms with Gasteiger partial charge >= 0.3 is 0 Å². The Labute approximate surface area is 70.6 Å². The van der Waals surface area contributed by atoms with Gasteiger partial charge in [0.2, 0.25) is 0 Å². The molecule has 0 radical (unpaired) electrons. The molecule has 0 amide bonds. The maximum atomic E-state index is 9.30. The van der Waals surface area contributed by atoms with Gasteiger partial charge in [0.1, 0.15) is 0 Å². The highest BCUT2D eigenvalue weighted by Crippen LogP contribution is 2.13. The highest BCUT2D eigenvalue weighted by Gasteiger charge is 2.34. The number of aliphatic hydroxyl groups is 4. The first-order chi connectivity index (χ1) is 5.69. The van der Waals surface area contributed by atoms with E-state index in [0.29, 0.717) is 6.42 Å². The Morgan fingerprint density at radius 2 is 1.83 bits per heavy atom. The number of piperidine rings is 1. The molecule has 0 aromatic rings. The number of hydrogen-bond acceptors (Lipinski definition) is 5. The molecule has 1 heterocycles. The number of rotatable bonds is 2. The summed E-state index contributed by atoms with van der Waals surface area (Å²) >= 11 is 0. The SMILES string of the molecule is OC[C@@H]1C[C@@H](O)[C@H](O)[C@@H](CO)N1. The first kappa shape index (κ1) is 9.88. The Balaban J connectivity index is 2.52. The van der Waals surface area contributed by atoms with Gasteiger partial charge in [-0.25, -0.2) is 0 Å². The van der Waals surface area contributed by atoms with E-state index in [4.69, 9.17) is 10.2 Å². The molecule has 0 unspecified atom stereocenters. The number of nitrogens with one attached hydrogen (secondary N) is 1. The molecule has 1 aliphatic rings. The van der Waals surface area contributed by atoms with Gasteiger partial charge in [0.05, 0.1) is 31.5 Å². The van der Waals surface area contributed by atoms with Crippen molar-refractivity contribution in [2.24, 2.45) is 0 Å². The van der Waals surface area contributed by atoms with Crippen molar-refractivity contribution >= 4 is 0 Å². The Hall–Kier alpha value is -0.200. The minimum absolute atomic E-state index is 0.0969. The summed E-state index contributed by atoms with van der Waals surface area (Å²) < 4.78 is 0. The zero-order valence-corrected chi connectivity index (χ0v) is 6.72. The topological polar surface area (TPSA) is 93.0 Å².